The monoisotopic (exact) mass is 605 g/mol. The molecule has 10 nitrogen and oxygen atoms in total. The molecule has 11 heteroatoms. The Balaban J connectivity index is 1.48. The first-order valence-corrected chi connectivity index (χ1v) is 16.5. The van der Waals surface area contributed by atoms with Crippen LogP contribution in [0.15, 0.2) is 66.7 Å². The van der Waals surface area contributed by atoms with Crippen LogP contribution in [0.25, 0.3) is 11.3 Å². The van der Waals surface area contributed by atoms with E-state index in [9.17, 15) is 13.2 Å². The van der Waals surface area contributed by atoms with E-state index in [1.807, 2.05) is 62.4 Å². The van der Waals surface area contributed by atoms with Gasteiger partial charge in [0, 0.05) is 56.6 Å². The molecule has 0 spiro atoms. The molecule has 5 rings (SSSR count). The molecule has 0 radical (unpaired) electrons. The summed E-state index contributed by atoms with van der Waals surface area (Å²) < 4.78 is 38.5. The second-order valence-electron chi connectivity index (χ2n) is 10.4. The van der Waals surface area contributed by atoms with Gasteiger partial charge in [-0.05, 0) is 49.7 Å². The molecule has 0 bridgehead atoms. The van der Waals surface area contributed by atoms with Crippen molar-refractivity contribution in [1.82, 2.24) is 10.2 Å². The molecule has 3 N–H and O–H groups in total. The molecule has 3 aromatic carbocycles. The summed E-state index contributed by atoms with van der Waals surface area (Å²) >= 11 is 0. The lowest BCUT2D eigenvalue weighted by Gasteiger charge is -2.30. The van der Waals surface area contributed by atoms with Gasteiger partial charge >= 0.3 is 0 Å². The molecule has 0 aromatic heterocycles. The van der Waals surface area contributed by atoms with Crippen LogP contribution >= 0.6 is 0 Å². The van der Waals surface area contributed by atoms with E-state index < -0.39 is 10.0 Å². The van der Waals surface area contributed by atoms with Gasteiger partial charge in [0.1, 0.15) is 0 Å². The largest absolute Gasteiger partial charge is 0.490 e. The molecule has 0 saturated carbocycles. The molecule has 1 fully saturated rings. The minimum absolute atomic E-state index is 0.245. The van der Waals surface area contributed by atoms with Gasteiger partial charge in [-0.3, -0.25) is 14.0 Å². The molecule has 3 aromatic rings. The van der Waals surface area contributed by atoms with Gasteiger partial charge < -0.3 is 25.4 Å². The standard InChI is InChI=1S/C32H39N5O5S/c1-4-41-28-21-26-27(22-29(28)42-5-2)35-32(38)30(26)31(23-9-7-6-8-10-23)34-24-11-13-25(14-12-24)37(43(3,39)40)20-19-36-17-15-33-16-18-36/h6-14,21-22,33-34H,4-5,15-20H2,1-3H3,(H,35,38). The highest BCUT2D eigenvalue weighted by Crippen LogP contribution is 2.43. The number of fused-ring (bicyclic) bond motifs is 1. The third-order valence-corrected chi connectivity index (χ3v) is 8.59. The van der Waals surface area contributed by atoms with Crippen molar-refractivity contribution in [1.29, 1.82) is 0 Å². The smallest absolute Gasteiger partial charge is 0.258 e. The second-order valence-corrected chi connectivity index (χ2v) is 12.3. The lowest BCUT2D eigenvalue weighted by Crippen LogP contribution is -2.47. The zero-order chi connectivity index (χ0) is 30.4. The van der Waals surface area contributed by atoms with Crippen molar-refractivity contribution in [2.75, 3.05) is 73.7 Å². The van der Waals surface area contributed by atoms with E-state index >= 15 is 0 Å². The Hall–Kier alpha value is -4.06. The number of nitrogens with zero attached hydrogens (tertiary/aromatic N) is 2. The van der Waals surface area contributed by atoms with Crippen molar-refractivity contribution in [3.05, 3.63) is 77.9 Å². The average molecular weight is 606 g/mol. The molecular formula is C32H39N5O5S. The van der Waals surface area contributed by atoms with Crippen molar-refractivity contribution in [3.63, 3.8) is 0 Å². The zero-order valence-corrected chi connectivity index (χ0v) is 25.7. The maximum atomic E-state index is 13.5. The molecule has 228 valence electrons. The highest BCUT2D eigenvalue weighted by molar-refractivity contribution is 7.92. The first kappa shape index (κ1) is 30.4. The quantitative estimate of drug-likeness (QED) is 0.265. The van der Waals surface area contributed by atoms with Crippen molar-refractivity contribution >= 4 is 44.3 Å². The summed E-state index contributed by atoms with van der Waals surface area (Å²) in [5.74, 6) is 0.891. The fourth-order valence-electron chi connectivity index (χ4n) is 5.35. The van der Waals surface area contributed by atoms with Gasteiger partial charge in [0.2, 0.25) is 10.0 Å². The van der Waals surface area contributed by atoms with E-state index in [2.05, 4.69) is 20.9 Å². The van der Waals surface area contributed by atoms with Crippen LogP contribution in [-0.4, -0.2) is 78.0 Å². The van der Waals surface area contributed by atoms with Gasteiger partial charge in [-0.25, -0.2) is 8.42 Å². The fraction of sp³-hybridized carbons (Fsp3) is 0.344. The predicted molar refractivity (Wildman–Crippen MR) is 172 cm³/mol. The molecule has 2 aliphatic heterocycles. The predicted octanol–water partition coefficient (Wildman–Crippen LogP) is 4.09. The summed E-state index contributed by atoms with van der Waals surface area (Å²) in [6.45, 7) is 9.35. The van der Waals surface area contributed by atoms with E-state index in [1.54, 1.807) is 18.2 Å². The van der Waals surface area contributed by atoms with E-state index in [4.69, 9.17) is 9.47 Å². The van der Waals surface area contributed by atoms with Crippen LogP contribution in [0.4, 0.5) is 17.1 Å². The second kappa shape index (κ2) is 13.5. The third kappa shape index (κ3) is 7.12. The number of rotatable bonds is 12. The van der Waals surface area contributed by atoms with Crippen molar-refractivity contribution in [3.8, 4) is 11.5 Å². The molecule has 0 atom stereocenters. The Kier molecular flexibility index (Phi) is 9.54. The van der Waals surface area contributed by atoms with Gasteiger partial charge in [-0.2, -0.15) is 0 Å². The minimum atomic E-state index is -3.48. The van der Waals surface area contributed by atoms with E-state index in [0.29, 0.717) is 71.7 Å². The van der Waals surface area contributed by atoms with Crippen molar-refractivity contribution in [2.45, 2.75) is 13.8 Å². The lowest BCUT2D eigenvalue weighted by atomic mass is 9.99. The van der Waals surface area contributed by atoms with Crippen LogP contribution in [-0.2, 0) is 14.8 Å². The molecule has 1 amide bonds. The first-order valence-electron chi connectivity index (χ1n) is 14.6. The van der Waals surface area contributed by atoms with Crippen molar-refractivity contribution < 1.29 is 22.7 Å². The number of ether oxygens (including phenoxy) is 2. The lowest BCUT2D eigenvalue weighted by molar-refractivity contribution is -0.110. The summed E-state index contributed by atoms with van der Waals surface area (Å²) in [4.78, 5) is 15.7. The number of anilines is 3. The maximum Gasteiger partial charge on any atom is 0.258 e. The SMILES string of the molecule is CCOc1cc2c(cc1OCC)C(=C(Nc1ccc(N(CCN3CCNCC3)S(C)(=O)=O)cc1)c1ccccc1)C(=O)N2. The minimum Gasteiger partial charge on any atom is -0.490 e. The van der Waals surface area contributed by atoms with Crippen LogP contribution < -0.4 is 29.7 Å². The Bertz CT molecular complexity index is 1570. The average Bonchev–Trinajstić information content (AvgIpc) is 3.31. The van der Waals surface area contributed by atoms with Gasteiger partial charge in [-0.15, -0.1) is 0 Å². The van der Waals surface area contributed by atoms with Gasteiger partial charge in [0.15, 0.2) is 11.5 Å². The number of carbonyl (C=O) groups excluding carboxylic acids is 1. The van der Waals surface area contributed by atoms with Crippen LogP contribution in [0.3, 0.4) is 0 Å². The Morgan fingerprint density at radius 2 is 1.60 bits per heavy atom. The highest BCUT2D eigenvalue weighted by atomic mass is 32.2. The number of nitrogens with one attached hydrogen (secondary N) is 3. The van der Waals surface area contributed by atoms with Gasteiger partial charge in [0.05, 0.1) is 42.1 Å². The number of hydrogen-bond acceptors (Lipinski definition) is 8. The Morgan fingerprint density at radius 1 is 0.953 bits per heavy atom. The van der Waals surface area contributed by atoms with E-state index in [1.165, 1.54) is 10.6 Å². The zero-order valence-electron chi connectivity index (χ0n) is 24.9. The Morgan fingerprint density at radius 3 is 2.23 bits per heavy atom. The van der Waals surface area contributed by atoms with E-state index in [-0.39, 0.29) is 5.91 Å². The summed E-state index contributed by atoms with van der Waals surface area (Å²) in [6, 6.07) is 20.5. The fourth-order valence-corrected chi connectivity index (χ4v) is 6.27. The summed E-state index contributed by atoms with van der Waals surface area (Å²) in [5.41, 5.74) is 4.57. The number of carbonyl (C=O) groups is 1. The van der Waals surface area contributed by atoms with Crippen LogP contribution in [0, 0.1) is 0 Å². The normalized spacial score (nSPS) is 16.3. The van der Waals surface area contributed by atoms with Crippen molar-refractivity contribution in [2.24, 2.45) is 0 Å². The molecule has 2 aliphatic rings. The first-order chi connectivity index (χ1) is 20.8. The van der Waals surface area contributed by atoms with Crippen LogP contribution in [0.2, 0.25) is 0 Å². The van der Waals surface area contributed by atoms with Crippen LogP contribution in [0.5, 0.6) is 11.5 Å². The molecule has 0 unspecified atom stereocenters. The topological polar surface area (TPSA) is 112 Å². The third-order valence-electron chi connectivity index (χ3n) is 7.39. The molecule has 0 aliphatic carbocycles. The molecule has 1 saturated heterocycles. The van der Waals surface area contributed by atoms with Crippen LogP contribution in [0.1, 0.15) is 25.0 Å². The number of amides is 1. The molecular weight excluding hydrogens is 566 g/mol. The number of piperazine rings is 1. The molecule has 43 heavy (non-hydrogen) atoms. The number of sulfonamides is 1. The highest BCUT2D eigenvalue weighted by Gasteiger charge is 2.31. The Labute approximate surface area is 253 Å². The maximum absolute atomic E-state index is 13.5. The summed E-state index contributed by atoms with van der Waals surface area (Å²) in [7, 11) is -3.48. The summed E-state index contributed by atoms with van der Waals surface area (Å²) in [6.07, 6.45) is 1.23. The van der Waals surface area contributed by atoms with E-state index in [0.717, 1.165) is 31.7 Å². The molecule has 2 heterocycles. The van der Waals surface area contributed by atoms with Gasteiger partial charge in [-0.1, -0.05) is 30.3 Å². The number of hydrogen-bond donors (Lipinski definition) is 3. The summed E-state index contributed by atoms with van der Waals surface area (Å²) in [5, 5.41) is 9.75. The number of benzene rings is 3. The van der Waals surface area contributed by atoms with Gasteiger partial charge in [0.25, 0.3) is 5.91 Å².